The molecule has 2 rings (SSSR count). The van der Waals surface area contributed by atoms with E-state index in [4.69, 9.17) is 4.74 Å². The SMILES string of the molecule is CC(C)(C)c1ccc(CC2CO2)s1. The Bertz CT molecular complexity index is 291. The largest absolute Gasteiger partial charge is 0.373 e. The lowest BCUT2D eigenvalue weighted by molar-refractivity contribution is 0.408. The van der Waals surface area contributed by atoms with Gasteiger partial charge in [-0.15, -0.1) is 11.3 Å². The Morgan fingerprint density at radius 2 is 2.15 bits per heavy atom. The molecule has 0 spiro atoms. The first-order chi connectivity index (χ1) is 6.05. The number of hydrogen-bond donors (Lipinski definition) is 0. The number of thiophene rings is 1. The van der Waals surface area contributed by atoms with E-state index in [2.05, 4.69) is 32.9 Å². The van der Waals surface area contributed by atoms with Crippen molar-refractivity contribution in [3.63, 3.8) is 0 Å². The van der Waals surface area contributed by atoms with Gasteiger partial charge in [0, 0.05) is 16.2 Å². The Morgan fingerprint density at radius 3 is 2.62 bits per heavy atom. The third-order valence-electron chi connectivity index (χ3n) is 2.23. The zero-order chi connectivity index (χ0) is 9.47. The van der Waals surface area contributed by atoms with E-state index in [0.29, 0.717) is 11.5 Å². The summed E-state index contributed by atoms with van der Waals surface area (Å²) >= 11 is 1.93. The molecule has 0 saturated carbocycles. The van der Waals surface area contributed by atoms with Gasteiger partial charge in [-0.1, -0.05) is 20.8 Å². The summed E-state index contributed by atoms with van der Waals surface area (Å²) in [5.41, 5.74) is 0.299. The molecule has 0 aromatic carbocycles. The van der Waals surface area contributed by atoms with E-state index in [1.807, 2.05) is 11.3 Å². The van der Waals surface area contributed by atoms with Gasteiger partial charge < -0.3 is 4.74 Å². The molecule has 0 radical (unpaired) electrons. The van der Waals surface area contributed by atoms with E-state index < -0.39 is 0 Å². The van der Waals surface area contributed by atoms with Crippen LogP contribution in [0, 0.1) is 0 Å². The number of rotatable bonds is 2. The molecular formula is C11H16OS. The van der Waals surface area contributed by atoms with Gasteiger partial charge in [0.2, 0.25) is 0 Å². The third-order valence-corrected chi connectivity index (χ3v) is 3.77. The molecule has 1 fully saturated rings. The molecule has 0 aliphatic carbocycles. The first kappa shape index (κ1) is 9.22. The molecule has 1 aliphatic heterocycles. The van der Waals surface area contributed by atoms with E-state index in [1.54, 1.807) is 0 Å². The Morgan fingerprint density at radius 1 is 1.46 bits per heavy atom. The van der Waals surface area contributed by atoms with E-state index in [1.165, 1.54) is 9.75 Å². The number of epoxide rings is 1. The van der Waals surface area contributed by atoms with Crippen LogP contribution in [0.4, 0.5) is 0 Å². The van der Waals surface area contributed by atoms with Crippen LogP contribution in [0.2, 0.25) is 0 Å². The summed E-state index contributed by atoms with van der Waals surface area (Å²) < 4.78 is 5.21. The van der Waals surface area contributed by atoms with Crippen LogP contribution in [0.1, 0.15) is 30.5 Å². The van der Waals surface area contributed by atoms with Crippen molar-refractivity contribution < 1.29 is 4.74 Å². The van der Waals surface area contributed by atoms with Gasteiger partial charge in [0.1, 0.15) is 0 Å². The van der Waals surface area contributed by atoms with Gasteiger partial charge in [-0.2, -0.15) is 0 Å². The summed E-state index contributed by atoms with van der Waals surface area (Å²) in [4.78, 5) is 2.94. The van der Waals surface area contributed by atoms with Crippen molar-refractivity contribution in [1.82, 2.24) is 0 Å². The highest BCUT2D eigenvalue weighted by atomic mass is 32.1. The predicted molar refractivity (Wildman–Crippen MR) is 56.5 cm³/mol. The molecule has 1 aromatic rings. The molecule has 2 heterocycles. The molecule has 0 amide bonds. The van der Waals surface area contributed by atoms with Crippen LogP contribution in [0.25, 0.3) is 0 Å². The Balaban J connectivity index is 2.08. The summed E-state index contributed by atoms with van der Waals surface area (Å²) in [5, 5.41) is 0. The van der Waals surface area contributed by atoms with Crippen LogP contribution in [0.5, 0.6) is 0 Å². The summed E-state index contributed by atoms with van der Waals surface area (Å²) in [6, 6.07) is 4.50. The maximum Gasteiger partial charge on any atom is 0.0858 e. The van der Waals surface area contributed by atoms with Gasteiger partial charge in [-0.3, -0.25) is 0 Å². The summed E-state index contributed by atoms with van der Waals surface area (Å²) in [7, 11) is 0. The molecular weight excluding hydrogens is 180 g/mol. The molecule has 0 N–H and O–H groups in total. The second-order valence-electron chi connectivity index (χ2n) is 4.68. The zero-order valence-electron chi connectivity index (χ0n) is 8.46. The van der Waals surface area contributed by atoms with Crippen molar-refractivity contribution in [3.05, 3.63) is 21.9 Å². The average molecular weight is 196 g/mol. The summed E-state index contributed by atoms with van der Waals surface area (Å²) in [5.74, 6) is 0. The van der Waals surface area contributed by atoms with Crippen molar-refractivity contribution in [2.24, 2.45) is 0 Å². The maximum atomic E-state index is 5.21. The molecule has 0 bridgehead atoms. The molecule has 72 valence electrons. The molecule has 2 heteroatoms. The Kier molecular flexibility index (Phi) is 2.20. The molecule has 1 atom stereocenters. The second kappa shape index (κ2) is 3.10. The van der Waals surface area contributed by atoms with E-state index >= 15 is 0 Å². The van der Waals surface area contributed by atoms with Crippen LogP contribution >= 0.6 is 11.3 Å². The van der Waals surface area contributed by atoms with E-state index in [-0.39, 0.29) is 0 Å². The minimum absolute atomic E-state index is 0.299. The van der Waals surface area contributed by atoms with Crippen LogP contribution in [-0.4, -0.2) is 12.7 Å². The lowest BCUT2D eigenvalue weighted by atomic mass is 9.95. The fraction of sp³-hybridized carbons (Fsp3) is 0.636. The highest BCUT2D eigenvalue weighted by molar-refractivity contribution is 7.12. The highest BCUT2D eigenvalue weighted by Gasteiger charge is 2.24. The number of ether oxygens (including phenoxy) is 1. The van der Waals surface area contributed by atoms with Crippen molar-refractivity contribution in [2.45, 2.75) is 38.7 Å². The van der Waals surface area contributed by atoms with E-state index in [0.717, 1.165) is 13.0 Å². The quantitative estimate of drug-likeness (QED) is 0.662. The van der Waals surface area contributed by atoms with Crippen LogP contribution < -0.4 is 0 Å². The smallest absolute Gasteiger partial charge is 0.0858 e. The first-order valence-corrected chi connectivity index (χ1v) is 5.58. The third kappa shape index (κ3) is 2.32. The standard InChI is InChI=1S/C11H16OS/c1-11(2,3)10-5-4-9(13-10)6-8-7-12-8/h4-5,8H,6-7H2,1-3H3. The summed E-state index contributed by atoms with van der Waals surface area (Å²) in [6.07, 6.45) is 1.63. The van der Waals surface area contributed by atoms with Crippen LogP contribution in [0.15, 0.2) is 12.1 Å². The number of hydrogen-bond acceptors (Lipinski definition) is 2. The monoisotopic (exact) mass is 196 g/mol. The maximum absolute atomic E-state index is 5.21. The fourth-order valence-electron chi connectivity index (χ4n) is 1.30. The lowest BCUT2D eigenvalue weighted by Crippen LogP contribution is -2.07. The minimum Gasteiger partial charge on any atom is -0.373 e. The van der Waals surface area contributed by atoms with Crippen molar-refractivity contribution in [2.75, 3.05) is 6.61 Å². The van der Waals surface area contributed by atoms with Crippen molar-refractivity contribution in [3.8, 4) is 0 Å². The van der Waals surface area contributed by atoms with Gasteiger partial charge >= 0.3 is 0 Å². The second-order valence-corrected chi connectivity index (χ2v) is 5.84. The van der Waals surface area contributed by atoms with Gasteiger partial charge in [0.15, 0.2) is 0 Å². The molecule has 1 aromatic heterocycles. The highest BCUT2D eigenvalue weighted by Crippen LogP contribution is 2.31. The first-order valence-electron chi connectivity index (χ1n) is 4.76. The average Bonchev–Trinajstić information content (AvgIpc) is 2.63. The summed E-state index contributed by atoms with van der Waals surface area (Å²) in [6.45, 7) is 7.74. The fourth-order valence-corrected chi connectivity index (χ4v) is 2.43. The molecule has 13 heavy (non-hydrogen) atoms. The Hall–Kier alpha value is -0.340. The van der Waals surface area contributed by atoms with Crippen LogP contribution in [-0.2, 0) is 16.6 Å². The van der Waals surface area contributed by atoms with Crippen molar-refractivity contribution in [1.29, 1.82) is 0 Å². The van der Waals surface area contributed by atoms with Crippen molar-refractivity contribution >= 4 is 11.3 Å². The molecule has 1 unspecified atom stereocenters. The van der Waals surface area contributed by atoms with Gasteiger partial charge in [-0.05, 0) is 17.5 Å². The topological polar surface area (TPSA) is 12.5 Å². The van der Waals surface area contributed by atoms with Gasteiger partial charge in [-0.25, -0.2) is 0 Å². The predicted octanol–water partition coefficient (Wildman–Crippen LogP) is 2.99. The minimum atomic E-state index is 0.299. The Labute approximate surface area is 83.7 Å². The molecule has 1 aliphatic rings. The van der Waals surface area contributed by atoms with Gasteiger partial charge in [0.05, 0.1) is 12.7 Å². The van der Waals surface area contributed by atoms with Gasteiger partial charge in [0.25, 0.3) is 0 Å². The molecule has 1 nitrogen and oxygen atoms in total. The van der Waals surface area contributed by atoms with E-state index in [9.17, 15) is 0 Å². The molecule has 1 saturated heterocycles. The lowest BCUT2D eigenvalue weighted by Gasteiger charge is -2.15. The van der Waals surface area contributed by atoms with Crippen LogP contribution in [0.3, 0.4) is 0 Å². The zero-order valence-corrected chi connectivity index (χ0v) is 9.28. The normalized spacial score (nSPS) is 21.9.